The van der Waals surface area contributed by atoms with Crippen molar-refractivity contribution in [1.82, 2.24) is 19.9 Å². The zero-order valence-corrected chi connectivity index (χ0v) is 12.9. The van der Waals surface area contributed by atoms with Gasteiger partial charge >= 0.3 is 0 Å². The highest BCUT2D eigenvalue weighted by Gasteiger charge is 2.56. The number of carbonyl (C=O) groups excluding carboxylic acids is 1. The summed E-state index contributed by atoms with van der Waals surface area (Å²) < 4.78 is 0. The number of amides is 1. The number of carbonyl (C=O) groups is 1. The summed E-state index contributed by atoms with van der Waals surface area (Å²) in [5.41, 5.74) is 0.853. The van der Waals surface area contributed by atoms with Gasteiger partial charge in [0.1, 0.15) is 24.2 Å². The lowest BCUT2D eigenvalue weighted by atomic mass is 10.2. The van der Waals surface area contributed by atoms with Crippen LogP contribution in [0.15, 0.2) is 18.6 Å². The molecule has 2 aromatic heterocycles. The fourth-order valence-corrected chi connectivity index (χ4v) is 3.87. The van der Waals surface area contributed by atoms with E-state index >= 15 is 0 Å². The zero-order chi connectivity index (χ0) is 16.0. The van der Waals surface area contributed by atoms with E-state index in [-0.39, 0.29) is 12.3 Å². The number of aromatic nitrogens is 3. The summed E-state index contributed by atoms with van der Waals surface area (Å²) >= 11 is 0. The van der Waals surface area contributed by atoms with Crippen LogP contribution < -0.4 is 4.90 Å². The van der Waals surface area contributed by atoms with Crippen molar-refractivity contribution in [3.63, 3.8) is 0 Å². The molecule has 2 fully saturated rings. The van der Waals surface area contributed by atoms with Gasteiger partial charge in [0.05, 0.1) is 11.5 Å². The Morgan fingerprint density at radius 3 is 3.00 bits per heavy atom. The summed E-state index contributed by atoms with van der Waals surface area (Å²) in [6.45, 7) is 2.53. The Labute approximate surface area is 133 Å². The molecule has 0 radical (unpaired) electrons. The van der Waals surface area contributed by atoms with E-state index < -0.39 is 0 Å². The van der Waals surface area contributed by atoms with Gasteiger partial charge in [-0.25, -0.2) is 9.97 Å². The Kier molecular flexibility index (Phi) is 3.18. The average molecular weight is 310 g/mol. The van der Waals surface area contributed by atoms with Gasteiger partial charge in [-0.05, 0) is 23.8 Å². The number of nitriles is 1. The van der Waals surface area contributed by atoms with E-state index in [4.69, 9.17) is 5.26 Å². The van der Waals surface area contributed by atoms with Crippen LogP contribution in [0.3, 0.4) is 0 Å². The van der Waals surface area contributed by atoms with Gasteiger partial charge in [0, 0.05) is 32.9 Å². The Morgan fingerprint density at radius 1 is 1.48 bits per heavy atom. The van der Waals surface area contributed by atoms with E-state index in [2.05, 4.69) is 26.9 Å². The second kappa shape index (κ2) is 5.23. The molecule has 1 saturated carbocycles. The Balaban J connectivity index is 1.39. The van der Waals surface area contributed by atoms with Crippen LogP contribution >= 0.6 is 0 Å². The first-order valence-corrected chi connectivity index (χ1v) is 7.83. The maximum Gasteiger partial charge on any atom is 0.236 e. The molecular formula is C16H18N6O. The number of rotatable bonds is 4. The standard InChI is InChI=1S/C16H18N6O/c1-21(16-10-3-5-18-15(10)19-9-20-16)6-11-12-7-22(8-13(11)12)14(23)2-4-17/h3,5,9,11-13H,2,6-8H2,1H3,(H,18,19,20)/t11?,12-,13?/m0/s1. The highest BCUT2D eigenvalue weighted by atomic mass is 16.2. The molecule has 1 aliphatic carbocycles. The Hall–Kier alpha value is -2.62. The first-order valence-electron chi connectivity index (χ1n) is 7.83. The van der Waals surface area contributed by atoms with Crippen LogP contribution in [0, 0.1) is 29.1 Å². The smallest absolute Gasteiger partial charge is 0.236 e. The number of hydrogen-bond acceptors (Lipinski definition) is 5. The van der Waals surface area contributed by atoms with Gasteiger partial charge in [-0.15, -0.1) is 0 Å². The molecule has 7 heteroatoms. The molecule has 7 nitrogen and oxygen atoms in total. The molecule has 3 atom stereocenters. The summed E-state index contributed by atoms with van der Waals surface area (Å²) in [6.07, 6.45) is 3.46. The lowest BCUT2D eigenvalue weighted by molar-refractivity contribution is -0.129. The summed E-state index contributed by atoms with van der Waals surface area (Å²) in [5, 5.41) is 9.66. The number of aromatic amines is 1. The molecule has 3 heterocycles. The Morgan fingerprint density at radius 2 is 2.26 bits per heavy atom. The topological polar surface area (TPSA) is 88.9 Å². The van der Waals surface area contributed by atoms with Gasteiger partial charge in [-0.3, -0.25) is 4.79 Å². The lowest BCUT2D eigenvalue weighted by Gasteiger charge is -2.22. The molecule has 23 heavy (non-hydrogen) atoms. The van der Waals surface area contributed by atoms with E-state index in [0.717, 1.165) is 36.5 Å². The minimum absolute atomic E-state index is 0.00356. The quantitative estimate of drug-likeness (QED) is 0.910. The van der Waals surface area contributed by atoms with Crippen molar-refractivity contribution in [3.8, 4) is 6.07 Å². The van der Waals surface area contributed by atoms with E-state index in [1.54, 1.807) is 6.33 Å². The summed E-state index contributed by atoms with van der Waals surface area (Å²) in [5.74, 6) is 2.66. The van der Waals surface area contributed by atoms with Crippen molar-refractivity contribution in [2.24, 2.45) is 17.8 Å². The third-order valence-corrected chi connectivity index (χ3v) is 5.13. The molecule has 2 aliphatic rings. The zero-order valence-electron chi connectivity index (χ0n) is 12.9. The number of hydrogen-bond donors (Lipinski definition) is 1. The van der Waals surface area contributed by atoms with Gasteiger partial charge in [0.25, 0.3) is 0 Å². The van der Waals surface area contributed by atoms with Crippen LogP contribution in [0.1, 0.15) is 6.42 Å². The number of fused-ring (bicyclic) bond motifs is 2. The largest absolute Gasteiger partial charge is 0.359 e. The van der Waals surface area contributed by atoms with Crippen LogP contribution in [0.4, 0.5) is 5.82 Å². The second-order valence-electron chi connectivity index (χ2n) is 6.44. The molecule has 1 N–H and O–H groups in total. The molecule has 118 valence electrons. The highest BCUT2D eigenvalue weighted by Crippen LogP contribution is 2.52. The van der Waals surface area contributed by atoms with Crippen LogP contribution in [0.5, 0.6) is 0 Å². The van der Waals surface area contributed by atoms with E-state index in [0.29, 0.717) is 17.8 Å². The van der Waals surface area contributed by atoms with Gasteiger partial charge in [0.2, 0.25) is 5.91 Å². The summed E-state index contributed by atoms with van der Waals surface area (Å²) in [6, 6.07) is 3.93. The minimum atomic E-state index is -0.0309. The normalized spacial score (nSPS) is 25.2. The Bertz CT molecular complexity index is 781. The fraction of sp³-hybridized carbons (Fsp3) is 0.500. The SMILES string of the molecule is CN(CC1C2CN(C(=O)CC#N)C[C@H]21)c1ncnc2[nH]ccc12. The average Bonchev–Trinajstić information content (AvgIpc) is 2.98. The molecule has 2 unspecified atom stereocenters. The van der Waals surface area contributed by atoms with Crippen molar-refractivity contribution in [1.29, 1.82) is 5.26 Å². The number of H-pyrrole nitrogens is 1. The van der Waals surface area contributed by atoms with Crippen LogP contribution in [-0.2, 0) is 4.79 Å². The maximum absolute atomic E-state index is 11.8. The summed E-state index contributed by atoms with van der Waals surface area (Å²) in [4.78, 5) is 27.5. The first-order chi connectivity index (χ1) is 11.2. The molecule has 1 saturated heterocycles. The lowest BCUT2D eigenvalue weighted by Crippen LogP contribution is -2.33. The van der Waals surface area contributed by atoms with Crippen LogP contribution in [0.2, 0.25) is 0 Å². The molecule has 0 aromatic carbocycles. The van der Waals surface area contributed by atoms with E-state index in [9.17, 15) is 4.79 Å². The van der Waals surface area contributed by atoms with Gasteiger partial charge in [-0.1, -0.05) is 0 Å². The molecule has 1 amide bonds. The van der Waals surface area contributed by atoms with Crippen LogP contribution in [0.25, 0.3) is 11.0 Å². The monoisotopic (exact) mass is 310 g/mol. The van der Waals surface area contributed by atoms with Crippen molar-refractivity contribution in [2.75, 3.05) is 31.6 Å². The minimum Gasteiger partial charge on any atom is -0.359 e. The van der Waals surface area contributed by atoms with Gasteiger partial charge in [-0.2, -0.15) is 5.26 Å². The number of piperidine rings is 1. The molecular weight excluding hydrogens is 292 g/mol. The molecule has 2 aromatic rings. The molecule has 1 aliphatic heterocycles. The van der Waals surface area contributed by atoms with Crippen molar-refractivity contribution < 1.29 is 4.79 Å². The number of anilines is 1. The van der Waals surface area contributed by atoms with Gasteiger partial charge in [0.15, 0.2) is 0 Å². The number of nitrogens with zero attached hydrogens (tertiary/aromatic N) is 5. The maximum atomic E-state index is 11.8. The number of likely N-dealkylation sites (tertiary alicyclic amines) is 1. The van der Waals surface area contributed by atoms with Gasteiger partial charge < -0.3 is 14.8 Å². The van der Waals surface area contributed by atoms with E-state index in [1.165, 1.54) is 0 Å². The van der Waals surface area contributed by atoms with Crippen molar-refractivity contribution >= 4 is 22.8 Å². The molecule has 0 spiro atoms. The van der Waals surface area contributed by atoms with Crippen molar-refractivity contribution in [2.45, 2.75) is 6.42 Å². The third-order valence-electron chi connectivity index (χ3n) is 5.13. The predicted molar refractivity (Wildman–Crippen MR) is 84.4 cm³/mol. The van der Waals surface area contributed by atoms with E-state index in [1.807, 2.05) is 23.2 Å². The highest BCUT2D eigenvalue weighted by molar-refractivity contribution is 5.87. The fourth-order valence-electron chi connectivity index (χ4n) is 3.87. The summed E-state index contributed by atoms with van der Waals surface area (Å²) in [7, 11) is 2.06. The van der Waals surface area contributed by atoms with Crippen LogP contribution in [-0.4, -0.2) is 52.4 Å². The molecule has 4 rings (SSSR count). The van der Waals surface area contributed by atoms with Crippen molar-refractivity contribution in [3.05, 3.63) is 18.6 Å². The molecule has 0 bridgehead atoms. The number of nitrogens with one attached hydrogen (secondary N) is 1. The second-order valence-corrected chi connectivity index (χ2v) is 6.44. The third kappa shape index (κ3) is 2.31. The predicted octanol–water partition coefficient (Wildman–Crippen LogP) is 1.01. The first kappa shape index (κ1) is 14.0.